The molecule has 134 valence electrons. The lowest BCUT2D eigenvalue weighted by Crippen LogP contribution is -2.37. The summed E-state index contributed by atoms with van der Waals surface area (Å²) in [6, 6.07) is 1.83. The van der Waals surface area contributed by atoms with E-state index in [0.29, 0.717) is 24.9 Å². The van der Waals surface area contributed by atoms with E-state index in [-0.39, 0.29) is 6.10 Å². The molecular weight excluding hydrogens is 320 g/mol. The quantitative estimate of drug-likeness (QED) is 0.885. The lowest BCUT2D eigenvalue weighted by molar-refractivity contribution is 0.0621. The van der Waals surface area contributed by atoms with Crippen LogP contribution in [-0.2, 0) is 6.54 Å². The van der Waals surface area contributed by atoms with Crippen molar-refractivity contribution in [2.45, 2.75) is 44.2 Å². The van der Waals surface area contributed by atoms with Gasteiger partial charge in [0.25, 0.3) is 0 Å². The van der Waals surface area contributed by atoms with Gasteiger partial charge in [-0.3, -0.25) is 4.90 Å². The largest absolute Gasteiger partial charge is 0.424 e. The maximum atomic E-state index is 9.76. The number of aromatic nitrogens is 4. The predicted octanol–water partition coefficient (Wildman–Crippen LogP) is 1.20. The molecule has 2 aliphatic heterocycles. The minimum atomic E-state index is -0.235. The average molecular weight is 344 g/mol. The van der Waals surface area contributed by atoms with E-state index < -0.39 is 0 Å². The molecule has 2 aliphatic rings. The van der Waals surface area contributed by atoms with E-state index in [1.165, 1.54) is 0 Å². The van der Waals surface area contributed by atoms with Crippen LogP contribution in [0.15, 0.2) is 22.9 Å². The Bertz CT molecular complexity index is 671. The SMILES string of the molecule is OC1CCCN(Cc2nnc(C3CCN(c4ncccn4)CC3)o2)C1. The topological polar surface area (TPSA) is 91.4 Å². The molecule has 4 rings (SSSR count). The lowest BCUT2D eigenvalue weighted by Gasteiger charge is -2.30. The molecule has 25 heavy (non-hydrogen) atoms. The maximum absolute atomic E-state index is 9.76. The highest BCUT2D eigenvalue weighted by Crippen LogP contribution is 2.28. The molecular formula is C17H24N6O2. The second-order valence-electron chi connectivity index (χ2n) is 6.88. The molecule has 0 amide bonds. The third-order valence-electron chi connectivity index (χ3n) is 5.00. The number of rotatable bonds is 4. The van der Waals surface area contributed by atoms with Gasteiger partial charge in [-0.15, -0.1) is 10.2 Å². The lowest BCUT2D eigenvalue weighted by atomic mass is 9.97. The Hall–Kier alpha value is -2.06. The van der Waals surface area contributed by atoms with E-state index in [1.54, 1.807) is 12.4 Å². The number of aliphatic hydroxyl groups excluding tert-OH is 1. The number of anilines is 1. The fourth-order valence-corrected chi connectivity index (χ4v) is 3.64. The van der Waals surface area contributed by atoms with E-state index in [4.69, 9.17) is 4.42 Å². The summed E-state index contributed by atoms with van der Waals surface area (Å²) in [5.41, 5.74) is 0. The van der Waals surface area contributed by atoms with Gasteiger partial charge >= 0.3 is 0 Å². The predicted molar refractivity (Wildman–Crippen MR) is 91.0 cm³/mol. The summed E-state index contributed by atoms with van der Waals surface area (Å²) in [6.45, 7) is 4.08. The van der Waals surface area contributed by atoms with Crippen LogP contribution in [0.3, 0.4) is 0 Å². The van der Waals surface area contributed by atoms with Crippen LogP contribution in [0.1, 0.15) is 43.4 Å². The van der Waals surface area contributed by atoms with Gasteiger partial charge in [-0.05, 0) is 38.3 Å². The van der Waals surface area contributed by atoms with E-state index in [1.807, 2.05) is 6.07 Å². The van der Waals surface area contributed by atoms with Crippen molar-refractivity contribution in [2.24, 2.45) is 0 Å². The minimum absolute atomic E-state index is 0.235. The molecule has 0 spiro atoms. The fourth-order valence-electron chi connectivity index (χ4n) is 3.64. The molecule has 2 aromatic heterocycles. The molecule has 4 heterocycles. The summed E-state index contributed by atoms with van der Waals surface area (Å²) in [5.74, 6) is 2.48. The summed E-state index contributed by atoms with van der Waals surface area (Å²) < 4.78 is 5.91. The van der Waals surface area contributed by atoms with Crippen molar-refractivity contribution >= 4 is 5.95 Å². The Balaban J connectivity index is 1.32. The number of piperidine rings is 2. The molecule has 2 saturated heterocycles. The number of nitrogens with zero attached hydrogens (tertiary/aromatic N) is 6. The highest BCUT2D eigenvalue weighted by Gasteiger charge is 2.27. The Morgan fingerprint density at radius 1 is 1.08 bits per heavy atom. The third kappa shape index (κ3) is 3.96. The van der Waals surface area contributed by atoms with Gasteiger partial charge in [-0.1, -0.05) is 0 Å². The van der Waals surface area contributed by atoms with Gasteiger partial charge < -0.3 is 14.4 Å². The van der Waals surface area contributed by atoms with Crippen LogP contribution >= 0.6 is 0 Å². The summed E-state index contributed by atoms with van der Waals surface area (Å²) in [5, 5.41) is 18.2. The molecule has 1 atom stereocenters. The van der Waals surface area contributed by atoms with Gasteiger partial charge in [0.05, 0.1) is 12.6 Å². The number of aliphatic hydroxyl groups is 1. The van der Waals surface area contributed by atoms with Crippen molar-refractivity contribution < 1.29 is 9.52 Å². The standard InChI is InChI=1S/C17H24N6O2/c24-14-3-1-8-22(11-14)12-15-20-21-16(25-15)13-4-9-23(10-5-13)17-18-6-2-7-19-17/h2,6-7,13-14,24H,1,3-5,8-12H2. The van der Waals surface area contributed by atoms with Gasteiger partial charge in [-0.2, -0.15) is 0 Å². The van der Waals surface area contributed by atoms with E-state index in [2.05, 4.69) is 30.0 Å². The zero-order valence-electron chi connectivity index (χ0n) is 14.3. The molecule has 0 saturated carbocycles. The van der Waals surface area contributed by atoms with Crippen molar-refractivity contribution in [3.63, 3.8) is 0 Å². The average Bonchev–Trinajstić information content (AvgIpc) is 3.11. The highest BCUT2D eigenvalue weighted by molar-refractivity contribution is 5.29. The van der Waals surface area contributed by atoms with E-state index >= 15 is 0 Å². The molecule has 8 heteroatoms. The number of β-amino-alcohol motifs (C(OH)–C–C–N with tert-alkyl or cyclic N) is 1. The first-order valence-corrected chi connectivity index (χ1v) is 9.02. The van der Waals surface area contributed by atoms with Crippen molar-refractivity contribution in [3.8, 4) is 0 Å². The summed E-state index contributed by atoms with van der Waals surface area (Å²) in [7, 11) is 0. The van der Waals surface area contributed by atoms with E-state index in [0.717, 1.165) is 57.2 Å². The van der Waals surface area contributed by atoms with Crippen LogP contribution in [0, 0.1) is 0 Å². The number of hydrogen-bond donors (Lipinski definition) is 1. The number of likely N-dealkylation sites (tertiary alicyclic amines) is 1. The zero-order chi connectivity index (χ0) is 17.1. The first-order chi connectivity index (χ1) is 12.3. The van der Waals surface area contributed by atoms with E-state index in [9.17, 15) is 5.11 Å². The van der Waals surface area contributed by atoms with Gasteiger partial charge in [0.15, 0.2) is 0 Å². The second-order valence-corrected chi connectivity index (χ2v) is 6.88. The summed E-state index contributed by atoms with van der Waals surface area (Å²) in [6.07, 6.45) is 7.13. The summed E-state index contributed by atoms with van der Waals surface area (Å²) in [4.78, 5) is 13.0. The second kappa shape index (κ2) is 7.45. The Morgan fingerprint density at radius 2 is 1.88 bits per heavy atom. The maximum Gasteiger partial charge on any atom is 0.230 e. The first kappa shape index (κ1) is 16.4. The van der Waals surface area contributed by atoms with Crippen LogP contribution in [0.5, 0.6) is 0 Å². The Labute approximate surface area is 146 Å². The molecule has 8 nitrogen and oxygen atoms in total. The highest BCUT2D eigenvalue weighted by atomic mass is 16.4. The van der Waals surface area contributed by atoms with Crippen LogP contribution in [-0.4, -0.2) is 62.5 Å². The minimum Gasteiger partial charge on any atom is -0.424 e. The zero-order valence-corrected chi connectivity index (χ0v) is 14.3. The molecule has 0 aromatic carbocycles. The third-order valence-corrected chi connectivity index (χ3v) is 5.00. The van der Waals surface area contributed by atoms with Gasteiger partial charge in [0, 0.05) is 37.9 Å². The van der Waals surface area contributed by atoms with Gasteiger partial charge in [0.2, 0.25) is 17.7 Å². The van der Waals surface area contributed by atoms with Crippen LogP contribution in [0.2, 0.25) is 0 Å². The normalized spacial score (nSPS) is 23.1. The Morgan fingerprint density at radius 3 is 2.64 bits per heavy atom. The van der Waals surface area contributed by atoms with Crippen LogP contribution in [0.25, 0.3) is 0 Å². The molecule has 0 radical (unpaired) electrons. The fraction of sp³-hybridized carbons (Fsp3) is 0.647. The van der Waals surface area contributed by atoms with Crippen molar-refractivity contribution in [1.29, 1.82) is 0 Å². The molecule has 2 fully saturated rings. The molecule has 2 aromatic rings. The molecule has 0 aliphatic carbocycles. The van der Waals surface area contributed by atoms with Crippen LogP contribution < -0.4 is 4.90 Å². The summed E-state index contributed by atoms with van der Waals surface area (Å²) >= 11 is 0. The Kier molecular flexibility index (Phi) is 4.89. The molecule has 0 bridgehead atoms. The first-order valence-electron chi connectivity index (χ1n) is 9.02. The molecule has 1 N–H and O–H groups in total. The van der Waals surface area contributed by atoms with Crippen molar-refractivity contribution in [3.05, 3.63) is 30.2 Å². The van der Waals surface area contributed by atoms with Gasteiger partial charge in [-0.25, -0.2) is 9.97 Å². The van der Waals surface area contributed by atoms with Gasteiger partial charge in [0.1, 0.15) is 0 Å². The van der Waals surface area contributed by atoms with Crippen molar-refractivity contribution in [1.82, 2.24) is 25.1 Å². The molecule has 1 unspecified atom stereocenters. The smallest absolute Gasteiger partial charge is 0.230 e. The monoisotopic (exact) mass is 344 g/mol. The number of hydrogen-bond acceptors (Lipinski definition) is 8. The van der Waals surface area contributed by atoms with Crippen molar-refractivity contribution in [2.75, 3.05) is 31.1 Å². The van der Waals surface area contributed by atoms with Crippen LogP contribution in [0.4, 0.5) is 5.95 Å².